The highest BCUT2D eigenvalue weighted by molar-refractivity contribution is 5.99. The number of allylic oxidation sites excluding steroid dienone is 1. The molecule has 0 amide bonds. The Labute approximate surface area is 89.0 Å². The minimum absolute atomic E-state index is 0.0973. The molecule has 0 aliphatic carbocycles. The van der Waals surface area contributed by atoms with Crippen molar-refractivity contribution in [3.05, 3.63) is 23.5 Å². The van der Waals surface area contributed by atoms with E-state index in [2.05, 4.69) is 5.10 Å². The summed E-state index contributed by atoms with van der Waals surface area (Å²) in [7, 11) is 1.57. The van der Waals surface area contributed by atoms with Gasteiger partial charge in [-0.25, -0.2) is 0 Å². The fourth-order valence-corrected chi connectivity index (χ4v) is 1.03. The highest BCUT2D eigenvalue weighted by atomic mass is 19.4. The van der Waals surface area contributed by atoms with Gasteiger partial charge in [0.05, 0.1) is 11.8 Å². The van der Waals surface area contributed by atoms with Gasteiger partial charge in [0.2, 0.25) is 0 Å². The van der Waals surface area contributed by atoms with E-state index < -0.39 is 17.7 Å². The first-order valence-corrected chi connectivity index (χ1v) is 4.24. The average Bonchev–Trinajstić information content (AvgIpc) is 2.46. The molecule has 0 radical (unpaired) electrons. The molecule has 1 aromatic rings. The molecule has 88 valence electrons. The first-order chi connectivity index (χ1) is 7.23. The van der Waals surface area contributed by atoms with E-state index >= 15 is 0 Å². The number of halogens is 3. The van der Waals surface area contributed by atoms with Crippen LogP contribution in [0, 0.1) is 6.92 Å². The summed E-state index contributed by atoms with van der Waals surface area (Å²) in [5, 5.41) is 13.1. The van der Waals surface area contributed by atoms with Crippen LogP contribution in [-0.4, -0.2) is 26.8 Å². The Morgan fingerprint density at radius 1 is 1.56 bits per heavy atom. The Kier molecular flexibility index (Phi) is 3.06. The lowest BCUT2D eigenvalue weighted by atomic mass is 10.2. The summed E-state index contributed by atoms with van der Waals surface area (Å²) < 4.78 is 37.1. The van der Waals surface area contributed by atoms with E-state index in [1.807, 2.05) is 0 Å². The third kappa shape index (κ3) is 2.41. The van der Waals surface area contributed by atoms with Gasteiger partial charge in [-0.1, -0.05) is 0 Å². The number of aryl methyl sites for hydroxylation is 1. The summed E-state index contributed by atoms with van der Waals surface area (Å²) in [4.78, 5) is 10.6. The van der Waals surface area contributed by atoms with E-state index in [4.69, 9.17) is 0 Å². The molecular formula is C9H9F3N2O2. The minimum atomic E-state index is -4.98. The van der Waals surface area contributed by atoms with Crippen molar-refractivity contribution in [3.63, 3.8) is 0 Å². The van der Waals surface area contributed by atoms with Crippen LogP contribution in [0.1, 0.15) is 11.3 Å². The second-order valence-electron chi connectivity index (χ2n) is 3.16. The maximum Gasteiger partial charge on any atom is 0.454 e. The largest absolute Gasteiger partial charge is 0.507 e. The van der Waals surface area contributed by atoms with Crippen LogP contribution in [0.15, 0.2) is 12.3 Å². The van der Waals surface area contributed by atoms with E-state index in [0.717, 1.165) is 0 Å². The summed E-state index contributed by atoms with van der Waals surface area (Å²) >= 11 is 0. The Morgan fingerprint density at radius 2 is 2.12 bits per heavy atom. The van der Waals surface area contributed by atoms with Gasteiger partial charge in [-0.15, -0.1) is 0 Å². The second-order valence-corrected chi connectivity index (χ2v) is 3.16. The number of hydrogen-bond donors (Lipinski definition) is 1. The number of ketones is 1. The number of nitrogens with zero attached hydrogens (tertiary/aromatic N) is 2. The molecule has 1 N–H and O–H groups in total. The van der Waals surface area contributed by atoms with Gasteiger partial charge in [0.25, 0.3) is 5.78 Å². The molecule has 0 spiro atoms. The molecule has 0 unspecified atom stereocenters. The molecular weight excluding hydrogens is 225 g/mol. The molecule has 0 fully saturated rings. The van der Waals surface area contributed by atoms with Gasteiger partial charge in [-0.05, 0) is 6.92 Å². The number of aliphatic hydroxyl groups excluding tert-OH is 1. The monoisotopic (exact) mass is 234 g/mol. The summed E-state index contributed by atoms with van der Waals surface area (Å²) in [5.41, 5.74) is 0.559. The van der Waals surface area contributed by atoms with Crippen LogP contribution in [0.5, 0.6) is 0 Å². The zero-order valence-corrected chi connectivity index (χ0v) is 8.54. The Morgan fingerprint density at radius 3 is 2.50 bits per heavy atom. The first-order valence-electron chi connectivity index (χ1n) is 4.24. The van der Waals surface area contributed by atoms with Crippen LogP contribution >= 0.6 is 0 Å². The van der Waals surface area contributed by atoms with E-state index in [1.165, 1.54) is 10.9 Å². The van der Waals surface area contributed by atoms with Crippen LogP contribution < -0.4 is 0 Å². The van der Waals surface area contributed by atoms with Gasteiger partial charge >= 0.3 is 6.18 Å². The maximum atomic E-state index is 11.9. The van der Waals surface area contributed by atoms with Gasteiger partial charge in [0.1, 0.15) is 5.76 Å². The Hall–Kier alpha value is -1.79. The summed E-state index contributed by atoms with van der Waals surface area (Å²) in [6.07, 6.45) is -3.65. The van der Waals surface area contributed by atoms with Crippen molar-refractivity contribution in [3.8, 4) is 0 Å². The normalized spacial score (nSPS) is 12.9. The molecule has 0 atom stereocenters. The van der Waals surface area contributed by atoms with E-state index in [0.29, 0.717) is 5.69 Å². The lowest BCUT2D eigenvalue weighted by Gasteiger charge is -2.02. The molecule has 0 saturated heterocycles. The molecule has 0 aliphatic heterocycles. The number of hydrogen-bond acceptors (Lipinski definition) is 3. The van der Waals surface area contributed by atoms with Crippen molar-refractivity contribution in [2.75, 3.05) is 0 Å². The van der Waals surface area contributed by atoms with Gasteiger partial charge in [0.15, 0.2) is 0 Å². The molecule has 16 heavy (non-hydrogen) atoms. The lowest BCUT2D eigenvalue weighted by molar-refractivity contribution is -0.165. The number of carbonyl (C=O) groups excluding carboxylic acids is 1. The van der Waals surface area contributed by atoms with Crippen molar-refractivity contribution in [2.45, 2.75) is 13.1 Å². The van der Waals surface area contributed by atoms with E-state index in [9.17, 15) is 23.1 Å². The summed E-state index contributed by atoms with van der Waals surface area (Å²) in [6, 6.07) is 0. The number of aliphatic hydroxyl groups is 1. The zero-order chi connectivity index (χ0) is 12.5. The van der Waals surface area contributed by atoms with Crippen LogP contribution in [-0.2, 0) is 11.8 Å². The molecule has 1 rings (SSSR count). The smallest absolute Gasteiger partial charge is 0.454 e. The van der Waals surface area contributed by atoms with Crippen LogP contribution in [0.2, 0.25) is 0 Å². The molecule has 0 aliphatic rings. The second kappa shape index (κ2) is 3.99. The fourth-order valence-electron chi connectivity index (χ4n) is 1.03. The van der Waals surface area contributed by atoms with Gasteiger partial charge in [0, 0.05) is 18.8 Å². The SMILES string of the molecule is Cc1c(C(O)=CC(=O)C(F)(F)F)cnn1C. The van der Waals surface area contributed by atoms with Gasteiger partial charge in [-0.3, -0.25) is 9.48 Å². The molecule has 0 saturated carbocycles. The third-order valence-electron chi connectivity index (χ3n) is 2.06. The van der Waals surface area contributed by atoms with Crippen molar-refractivity contribution >= 4 is 11.5 Å². The van der Waals surface area contributed by atoms with Gasteiger partial charge < -0.3 is 5.11 Å². The van der Waals surface area contributed by atoms with Gasteiger partial charge in [-0.2, -0.15) is 18.3 Å². The molecule has 1 heterocycles. The minimum Gasteiger partial charge on any atom is -0.507 e. The lowest BCUT2D eigenvalue weighted by Crippen LogP contribution is -2.20. The Bertz CT molecular complexity index is 446. The van der Waals surface area contributed by atoms with Crippen LogP contribution in [0.3, 0.4) is 0 Å². The molecule has 0 aromatic carbocycles. The predicted molar refractivity (Wildman–Crippen MR) is 49.6 cm³/mol. The van der Waals surface area contributed by atoms with Crippen LogP contribution in [0.25, 0.3) is 5.76 Å². The number of carbonyl (C=O) groups is 1. The predicted octanol–water partition coefficient (Wildman–Crippen LogP) is 1.76. The standard InChI is InChI=1S/C9H9F3N2O2/c1-5-6(4-13-14(5)2)7(15)3-8(16)9(10,11)12/h3-4,15H,1-2H3. The Balaban J connectivity index is 3.03. The van der Waals surface area contributed by atoms with Crippen molar-refractivity contribution in [2.24, 2.45) is 7.05 Å². The van der Waals surface area contributed by atoms with Crippen molar-refractivity contribution in [1.29, 1.82) is 0 Å². The number of rotatable bonds is 2. The highest BCUT2D eigenvalue weighted by Crippen LogP contribution is 2.21. The zero-order valence-electron chi connectivity index (χ0n) is 8.54. The maximum absolute atomic E-state index is 11.9. The number of alkyl halides is 3. The molecule has 7 heteroatoms. The topological polar surface area (TPSA) is 55.1 Å². The van der Waals surface area contributed by atoms with Crippen molar-refractivity contribution in [1.82, 2.24) is 9.78 Å². The van der Waals surface area contributed by atoms with Crippen molar-refractivity contribution < 1.29 is 23.1 Å². The molecule has 1 aromatic heterocycles. The molecule has 0 bridgehead atoms. The summed E-state index contributed by atoms with van der Waals surface area (Å²) in [5.74, 6) is -2.85. The summed E-state index contributed by atoms with van der Waals surface area (Å²) in [6.45, 7) is 1.56. The van der Waals surface area contributed by atoms with Crippen LogP contribution in [0.4, 0.5) is 13.2 Å². The van der Waals surface area contributed by atoms with E-state index in [-0.39, 0.29) is 11.6 Å². The number of aromatic nitrogens is 2. The quantitative estimate of drug-likeness (QED) is 0.626. The fraction of sp³-hybridized carbons (Fsp3) is 0.333. The molecule has 4 nitrogen and oxygen atoms in total. The first kappa shape index (κ1) is 12.3. The highest BCUT2D eigenvalue weighted by Gasteiger charge is 2.37. The third-order valence-corrected chi connectivity index (χ3v) is 2.06. The van der Waals surface area contributed by atoms with E-state index in [1.54, 1.807) is 14.0 Å². The average molecular weight is 234 g/mol.